The van der Waals surface area contributed by atoms with Gasteiger partial charge in [-0.2, -0.15) is 0 Å². The van der Waals surface area contributed by atoms with Crippen LogP contribution in [0.25, 0.3) is 21.6 Å². The molecule has 2 N–H and O–H groups in total. The number of nitrogens with zero attached hydrogens (tertiary/aromatic N) is 5. The maximum atomic E-state index is 6.20. The average molecular weight is 358 g/mol. The van der Waals surface area contributed by atoms with E-state index < -0.39 is 0 Å². The molecule has 0 unspecified atom stereocenters. The molecule has 4 rings (SSSR count). The first-order valence-electron chi connectivity index (χ1n) is 7.20. The fourth-order valence-corrected chi connectivity index (χ4v) is 4.46. The molecule has 4 aromatic rings. The summed E-state index contributed by atoms with van der Waals surface area (Å²) < 4.78 is 6.78. The van der Waals surface area contributed by atoms with Gasteiger partial charge in [-0.25, -0.2) is 14.6 Å². The minimum Gasteiger partial charge on any atom is -0.469 e. The largest absolute Gasteiger partial charge is 0.469 e. The van der Waals surface area contributed by atoms with E-state index in [1.807, 2.05) is 19.9 Å². The summed E-state index contributed by atoms with van der Waals surface area (Å²) >= 11 is 3.00. The van der Waals surface area contributed by atoms with Gasteiger partial charge in [0.25, 0.3) is 0 Å². The normalized spacial score (nSPS) is 11.5. The standard InChI is InChI=1S/C15H14N6OS2/c1-7-6-23-13-11(7)14(18-9(3)17-13)24-15-20-19-12(21(15)16)10-4-5-22-8(10)2/h4-6H,16H2,1-3H3. The summed E-state index contributed by atoms with van der Waals surface area (Å²) in [5.41, 5.74) is 1.97. The number of fused-ring (bicyclic) bond motifs is 1. The highest BCUT2D eigenvalue weighted by Gasteiger charge is 2.19. The van der Waals surface area contributed by atoms with Crippen LogP contribution >= 0.6 is 23.1 Å². The van der Waals surface area contributed by atoms with Crippen molar-refractivity contribution in [2.75, 3.05) is 5.84 Å². The molecule has 7 nitrogen and oxygen atoms in total. The molecule has 4 aromatic heterocycles. The topological polar surface area (TPSA) is 95.7 Å². The maximum absolute atomic E-state index is 6.20. The molecule has 0 bridgehead atoms. The lowest BCUT2D eigenvalue weighted by Gasteiger charge is -2.05. The van der Waals surface area contributed by atoms with Crippen LogP contribution in [0.1, 0.15) is 17.1 Å². The molecule has 0 aliphatic carbocycles. The number of nitrogen functional groups attached to an aromatic ring is 1. The van der Waals surface area contributed by atoms with Crippen molar-refractivity contribution in [3.05, 3.63) is 34.9 Å². The first-order valence-corrected chi connectivity index (χ1v) is 8.89. The third-order valence-corrected chi connectivity index (χ3v) is 5.59. The predicted molar refractivity (Wildman–Crippen MR) is 93.6 cm³/mol. The molecule has 0 aliphatic heterocycles. The fourth-order valence-electron chi connectivity index (χ4n) is 2.46. The lowest BCUT2D eigenvalue weighted by atomic mass is 10.2. The summed E-state index contributed by atoms with van der Waals surface area (Å²) in [4.78, 5) is 10.0. The van der Waals surface area contributed by atoms with Crippen LogP contribution < -0.4 is 5.84 Å². The number of rotatable bonds is 3. The summed E-state index contributed by atoms with van der Waals surface area (Å²) in [5, 5.41) is 12.9. The van der Waals surface area contributed by atoms with E-state index in [0.29, 0.717) is 11.0 Å². The van der Waals surface area contributed by atoms with E-state index in [0.717, 1.165) is 38.0 Å². The zero-order valence-corrected chi connectivity index (χ0v) is 14.9. The number of nitrogens with two attached hydrogens (primary N) is 1. The Morgan fingerprint density at radius 1 is 1.21 bits per heavy atom. The minimum atomic E-state index is 0.563. The van der Waals surface area contributed by atoms with Crippen molar-refractivity contribution in [3.8, 4) is 11.4 Å². The van der Waals surface area contributed by atoms with Crippen molar-refractivity contribution in [1.82, 2.24) is 24.8 Å². The Labute approximate surface area is 145 Å². The third-order valence-electron chi connectivity index (χ3n) is 3.65. The summed E-state index contributed by atoms with van der Waals surface area (Å²) in [7, 11) is 0. The number of thiophene rings is 1. The van der Waals surface area contributed by atoms with Crippen molar-refractivity contribution in [2.24, 2.45) is 0 Å². The van der Waals surface area contributed by atoms with Crippen molar-refractivity contribution in [2.45, 2.75) is 31.0 Å². The van der Waals surface area contributed by atoms with E-state index in [9.17, 15) is 0 Å². The molecular formula is C15H14N6OS2. The predicted octanol–water partition coefficient (Wildman–Crippen LogP) is 3.33. The first-order chi connectivity index (χ1) is 11.5. The second-order valence-electron chi connectivity index (χ2n) is 5.34. The Kier molecular flexibility index (Phi) is 3.54. The van der Waals surface area contributed by atoms with Crippen molar-refractivity contribution in [1.29, 1.82) is 0 Å². The van der Waals surface area contributed by atoms with Crippen LogP contribution in [0.2, 0.25) is 0 Å². The highest BCUT2D eigenvalue weighted by molar-refractivity contribution is 7.99. The molecule has 9 heteroatoms. The number of aromatic nitrogens is 5. The fraction of sp³-hybridized carbons (Fsp3) is 0.200. The van der Waals surface area contributed by atoms with Crippen molar-refractivity contribution in [3.63, 3.8) is 0 Å². The molecule has 0 saturated carbocycles. The summed E-state index contributed by atoms with van der Waals surface area (Å²) in [6.07, 6.45) is 1.61. The molecule has 0 aromatic carbocycles. The third kappa shape index (κ3) is 2.36. The zero-order chi connectivity index (χ0) is 16.8. The van der Waals surface area contributed by atoms with Crippen LogP contribution in [0.4, 0.5) is 0 Å². The quantitative estimate of drug-likeness (QED) is 0.443. The Hall–Kier alpha value is -2.39. The van der Waals surface area contributed by atoms with E-state index in [2.05, 4.69) is 32.5 Å². The molecule has 0 aliphatic rings. The van der Waals surface area contributed by atoms with Gasteiger partial charge < -0.3 is 10.3 Å². The monoisotopic (exact) mass is 358 g/mol. The van der Waals surface area contributed by atoms with E-state index >= 15 is 0 Å². The molecule has 0 radical (unpaired) electrons. The Morgan fingerprint density at radius 3 is 2.79 bits per heavy atom. The molecule has 0 saturated heterocycles. The first kappa shape index (κ1) is 15.2. The number of furan rings is 1. The van der Waals surface area contributed by atoms with Crippen molar-refractivity contribution >= 4 is 33.3 Å². The molecule has 4 heterocycles. The van der Waals surface area contributed by atoms with E-state index in [1.54, 1.807) is 17.6 Å². The van der Waals surface area contributed by atoms with Crippen molar-refractivity contribution < 1.29 is 4.42 Å². The SMILES string of the molecule is Cc1nc(Sc2nnc(-c3ccoc3C)n2N)c2c(C)csc2n1. The molecule has 0 amide bonds. The average Bonchev–Trinajstić information content (AvgIpc) is 3.21. The Morgan fingerprint density at radius 2 is 2.04 bits per heavy atom. The number of aryl methyl sites for hydroxylation is 3. The van der Waals surface area contributed by atoms with Gasteiger partial charge in [-0.3, -0.25) is 0 Å². The van der Waals surface area contributed by atoms with Crippen LogP contribution in [-0.4, -0.2) is 24.8 Å². The van der Waals surface area contributed by atoms with Gasteiger partial charge in [0.1, 0.15) is 21.4 Å². The van der Waals surface area contributed by atoms with Gasteiger partial charge in [0, 0.05) is 5.39 Å². The lowest BCUT2D eigenvalue weighted by Crippen LogP contribution is -2.11. The minimum absolute atomic E-state index is 0.563. The van der Waals surface area contributed by atoms with Gasteiger partial charge in [0.05, 0.1) is 11.8 Å². The molecule has 0 atom stereocenters. The van der Waals surface area contributed by atoms with Crippen LogP contribution in [0.3, 0.4) is 0 Å². The van der Waals surface area contributed by atoms with Gasteiger partial charge in [-0.05, 0) is 49.5 Å². The highest BCUT2D eigenvalue weighted by atomic mass is 32.2. The molecular weight excluding hydrogens is 344 g/mol. The van der Waals surface area contributed by atoms with Gasteiger partial charge in [0.2, 0.25) is 5.16 Å². The highest BCUT2D eigenvalue weighted by Crippen LogP contribution is 2.35. The number of hydrogen-bond acceptors (Lipinski definition) is 8. The van der Waals surface area contributed by atoms with Crippen LogP contribution in [0.15, 0.2) is 32.3 Å². The van der Waals surface area contributed by atoms with Gasteiger partial charge in [-0.15, -0.1) is 21.5 Å². The molecule has 122 valence electrons. The van der Waals surface area contributed by atoms with Gasteiger partial charge in [0.15, 0.2) is 5.82 Å². The lowest BCUT2D eigenvalue weighted by molar-refractivity contribution is 0.535. The Balaban J connectivity index is 1.79. The summed E-state index contributed by atoms with van der Waals surface area (Å²) in [5.74, 6) is 8.23. The smallest absolute Gasteiger partial charge is 0.216 e. The van der Waals surface area contributed by atoms with E-state index in [-0.39, 0.29) is 0 Å². The maximum Gasteiger partial charge on any atom is 0.216 e. The van der Waals surface area contributed by atoms with Crippen LogP contribution in [0.5, 0.6) is 0 Å². The molecule has 0 fully saturated rings. The number of hydrogen-bond donors (Lipinski definition) is 1. The second-order valence-corrected chi connectivity index (χ2v) is 7.16. The zero-order valence-electron chi connectivity index (χ0n) is 13.3. The van der Waals surface area contributed by atoms with Crippen LogP contribution in [-0.2, 0) is 0 Å². The Bertz CT molecular complexity index is 1050. The summed E-state index contributed by atoms with van der Waals surface area (Å²) in [6, 6.07) is 1.83. The van der Waals surface area contributed by atoms with Gasteiger partial charge >= 0.3 is 0 Å². The second kappa shape index (κ2) is 5.60. The molecule has 24 heavy (non-hydrogen) atoms. The van der Waals surface area contributed by atoms with Crippen LogP contribution in [0, 0.1) is 20.8 Å². The van der Waals surface area contributed by atoms with E-state index in [4.69, 9.17) is 10.3 Å². The van der Waals surface area contributed by atoms with E-state index in [1.165, 1.54) is 16.4 Å². The molecule has 0 spiro atoms. The van der Waals surface area contributed by atoms with Gasteiger partial charge in [-0.1, -0.05) is 0 Å². The summed E-state index contributed by atoms with van der Waals surface area (Å²) in [6.45, 7) is 5.80.